The van der Waals surface area contributed by atoms with Gasteiger partial charge in [0, 0.05) is 5.69 Å². The zero-order valence-electron chi connectivity index (χ0n) is 21.2. The summed E-state index contributed by atoms with van der Waals surface area (Å²) in [5, 5.41) is 15.1. The molecule has 0 aliphatic rings. The number of aromatic nitrogens is 3. The summed E-state index contributed by atoms with van der Waals surface area (Å²) in [4.78, 5) is 25.5. The van der Waals surface area contributed by atoms with Crippen LogP contribution in [0, 0.1) is 20.8 Å². The Labute approximate surface area is 220 Å². The van der Waals surface area contributed by atoms with Gasteiger partial charge in [-0.1, -0.05) is 48.2 Å². The van der Waals surface area contributed by atoms with Crippen molar-refractivity contribution in [2.45, 2.75) is 32.5 Å². The number of nitrogens with zero attached hydrogens (tertiary/aromatic N) is 3. The lowest BCUT2D eigenvalue weighted by molar-refractivity contribution is -0.113. The van der Waals surface area contributed by atoms with Gasteiger partial charge in [-0.15, -0.1) is 10.2 Å². The van der Waals surface area contributed by atoms with E-state index in [-0.39, 0.29) is 24.1 Å². The maximum absolute atomic E-state index is 12.9. The first-order valence-electron chi connectivity index (χ1n) is 11.8. The van der Waals surface area contributed by atoms with Crippen LogP contribution in [-0.2, 0) is 11.3 Å². The number of thioether (sulfide) groups is 1. The van der Waals surface area contributed by atoms with Gasteiger partial charge in [0.05, 0.1) is 30.7 Å². The number of hydrogen-bond donors (Lipinski definition) is 2. The van der Waals surface area contributed by atoms with E-state index >= 15 is 0 Å². The van der Waals surface area contributed by atoms with E-state index < -0.39 is 0 Å². The molecule has 2 amide bonds. The molecule has 0 atom stereocenters. The number of methoxy groups -OCH3 is 1. The molecular weight excluding hydrogens is 486 g/mol. The fraction of sp³-hybridized carbons (Fsp3) is 0.214. The van der Waals surface area contributed by atoms with E-state index in [1.54, 1.807) is 18.2 Å². The SMILES string of the molecule is COc1ccccc1C(=O)NCc1nnc(SCC(=O)Nc2cccc(C)c2)n1-c1cc(C)ccc1C. The topological polar surface area (TPSA) is 98.1 Å². The Morgan fingerprint density at radius 1 is 0.946 bits per heavy atom. The molecule has 190 valence electrons. The summed E-state index contributed by atoms with van der Waals surface area (Å²) < 4.78 is 7.21. The molecule has 1 aromatic heterocycles. The monoisotopic (exact) mass is 515 g/mol. The van der Waals surface area contributed by atoms with Crippen molar-refractivity contribution in [3.63, 3.8) is 0 Å². The maximum atomic E-state index is 12.9. The van der Waals surface area contributed by atoms with Gasteiger partial charge in [-0.25, -0.2) is 0 Å². The normalized spacial score (nSPS) is 10.7. The third kappa shape index (κ3) is 6.37. The predicted octanol–water partition coefficient (Wildman–Crippen LogP) is 4.86. The van der Waals surface area contributed by atoms with Gasteiger partial charge >= 0.3 is 0 Å². The van der Waals surface area contributed by atoms with Gasteiger partial charge < -0.3 is 15.4 Å². The van der Waals surface area contributed by atoms with Gasteiger partial charge in [0.1, 0.15) is 5.75 Å². The lowest BCUT2D eigenvalue weighted by Gasteiger charge is -2.14. The van der Waals surface area contributed by atoms with Crippen LogP contribution < -0.4 is 15.4 Å². The molecule has 8 nitrogen and oxygen atoms in total. The number of hydrogen-bond acceptors (Lipinski definition) is 6. The number of carbonyl (C=O) groups is 2. The molecule has 4 rings (SSSR count). The summed E-state index contributed by atoms with van der Waals surface area (Å²) in [6, 6.07) is 20.8. The first-order chi connectivity index (χ1) is 17.9. The van der Waals surface area contributed by atoms with Gasteiger partial charge in [-0.05, 0) is 67.8 Å². The molecule has 0 radical (unpaired) electrons. The van der Waals surface area contributed by atoms with E-state index in [4.69, 9.17) is 4.74 Å². The van der Waals surface area contributed by atoms with Gasteiger partial charge in [0.15, 0.2) is 11.0 Å². The van der Waals surface area contributed by atoms with E-state index in [1.165, 1.54) is 18.9 Å². The number of nitrogens with one attached hydrogen (secondary N) is 2. The highest BCUT2D eigenvalue weighted by Crippen LogP contribution is 2.26. The Morgan fingerprint density at radius 3 is 2.51 bits per heavy atom. The van der Waals surface area contributed by atoms with E-state index in [1.807, 2.05) is 73.9 Å². The second-order valence-corrected chi connectivity index (χ2v) is 9.56. The predicted molar refractivity (Wildman–Crippen MR) is 146 cm³/mol. The van der Waals surface area contributed by atoms with Crippen molar-refractivity contribution < 1.29 is 14.3 Å². The number of aryl methyl sites for hydroxylation is 3. The van der Waals surface area contributed by atoms with Crippen LogP contribution in [0.5, 0.6) is 5.75 Å². The Hall–Kier alpha value is -4.11. The standard InChI is InChI=1S/C28H29N5O3S/c1-18-8-7-9-21(14-18)30-26(34)17-37-28-32-31-25(33(28)23-15-19(2)12-13-20(23)3)16-29-27(35)22-10-5-6-11-24(22)36-4/h5-15H,16-17H2,1-4H3,(H,29,35)(H,30,34). The van der Waals surface area contributed by atoms with Gasteiger partial charge in [-0.2, -0.15) is 0 Å². The highest BCUT2D eigenvalue weighted by molar-refractivity contribution is 7.99. The number of benzene rings is 3. The van der Waals surface area contributed by atoms with Crippen LogP contribution >= 0.6 is 11.8 Å². The first kappa shape index (κ1) is 26.0. The summed E-state index contributed by atoms with van der Waals surface area (Å²) in [6.45, 7) is 6.14. The highest BCUT2D eigenvalue weighted by Gasteiger charge is 2.19. The average Bonchev–Trinajstić information content (AvgIpc) is 3.30. The van der Waals surface area contributed by atoms with Crippen molar-refractivity contribution in [1.29, 1.82) is 0 Å². The Kier molecular flexibility index (Phi) is 8.25. The lowest BCUT2D eigenvalue weighted by atomic mass is 10.1. The molecule has 4 aromatic rings. The fourth-order valence-electron chi connectivity index (χ4n) is 3.85. The molecule has 0 saturated carbocycles. The summed E-state index contributed by atoms with van der Waals surface area (Å²) in [7, 11) is 1.53. The molecule has 3 aromatic carbocycles. The van der Waals surface area contributed by atoms with Crippen LogP contribution in [0.2, 0.25) is 0 Å². The Bertz CT molecular complexity index is 1430. The molecule has 2 N–H and O–H groups in total. The number of para-hydroxylation sites is 1. The molecule has 1 heterocycles. The van der Waals surface area contributed by atoms with E-state index in [9.17, 15) is 9.59 Å². The largest absolute Gasteiger partial charge is 0.496 e. The molecule has 0 aliphatic heterocycles. The first-order valence-corrected chi connectivity index (χ1v) is 12.8. The van der Waals surface area contributed by atoms with Crippen molar-refractivity contribution in [2.24, 2.45) is 0 Å². The minimum Gasteiger partial charge on any atom is -0.496 e. The van der Waals surface area contributed by atoms with Gasteiger partial charge in [-0.3, -0.25) is 14.2 Å². The van der Waals surface area contributed by atoms with Crippen molar-refractivity contribution in [1.82, 2.24) is 20.1 Å². The molecular formula is C28H29N5O3S. The third-order valence-electron chi connectivity index (χ3n) is 5.70. The summed E-state index contributed by atoms with van der Waals surface area (Å²) in [5.74, 6) is 0.784. The number of rotatable bonds is 9. The van der Waals surface area contributed by atoms with E-state index in [0.29, 0.717) is 22.3 Å². The molecule has 0 aliphatic carbocycles. The summed E-state index contributed by atoms with van der Waals surface area (Å²) in [6.07, 6.45) is 0. The van der Waals surface area contributed by atoms with E-state index in [2.05, 4.69) is 20.8 Å². The van der Waals surface area contributed by atoms with Gasteiger partial charge in [0.25, 0.3) is 5.91 Å². The lowest BCUT2D eigenvalue weighted by Crippen LogP contribution is -2.25. The molecule has 0 unspecified atom stereocenters. The Balaban J connectivity index is 1.56. The number of anilines is 1. The molecule has 37 heavy (non-hydrogen) atoms. The van der Waals surface area contributed by atoms with Crippen LogP contribution in [0.25, 0.3) is 5.69 Å². The van der Waals surface area contributed by atoms with Crippen LogP contribution in [0.1, 0.15) is 32.9 Å². The molecule has 0 bridgehead atoms. The van der Waals surface area contributed by atoms with Crippen LogP contribution in [0.4, 0.5) is 5.69 Å². The molecule has 0 fully saturated rings. The van der Waals surface area contributed by atoms with Crippen molar-refractivity contribution >= 4 is 29.3 Å². The van der Waals surface area contributed by atoms with Crippen molar-refractivity contribution in [2.75, 3.05) is 18.2 Å². The Morgan fingerprint density at radius 2 is 1.73 bits per heavy atom. The maximum Gasteiger partial charge on any atom is 0.255 e. The van der Waals surface area contributed by atoms with Crippen LogP contribution in [0.15, 0.2) is 71.9 Å². The highest BCUT2D eigenvalue weighted by atomic mass is 32.2. The summed E-state index contributed by atoms with van der Waals surface area (Å²) in [5.41, 5.74) is 5.25. The van der Waals surface area contributed by atoms with Gasteiger partial charge in [0.2, 0.25) is 5.91 Å². The quantitative estimate of drug-likeness (QED) is 0.309. The number of ether oxygens (including phenoxy) is 1. The fourth-order valence-corrected chi connectivity index (χ4v) is 4.61. The molecule has 0 spiro atoms. The second kappa shape index (κ2) is 11.7. The summed E-state index contributed by atoms with van der Waals surface area (Å²) >= 11 is 1.29. The van der Waals surface area contributed by atoms with Crippen molar-refractivity contribution in [3.8, 4) is 11.4 Å². The second-order valence-electron chi connectivity index (χ2n) is 8.61. The van der Waals surface area contributed by atoms with Crippen molar-refractivity contribution in [3.05, 3.63) is 94.8 Å². The average molecular weight is 516 g/mol. The molecule has 0 saturated heterocycles. The minimum atomic E-state index is -0.278. The van der Waals surface area contributed by atoms with E-state index in [0.717, 1.165) is 28.1 Å². The zero-order valence-corrected chi connectivity index (χ0v) is 22.1. The third-order valence-corrected chi connectivity index (χ3v) is 6.63. The zero-order chi connectivity index (χ0) is 26.4. The molecule has 9 heteroatoms. The smallest absolute Gasteiger partial charge is 0.255 e. The number of carbonyl (C=O) groups excluding carboxylic acids is 2. The minimum absolute atomic E-state index is 0.142. The number of amides is 2. The van der Waals surface area contributed by atoms with Crippen LogP contribution in [-0.4, -0.2) is 39.4 Å². The van der Waals surface area contributed by atoms with Crippen LogP contribution in [0.3, 0.4) is 0 Å².